The molecule has 1 rings (SSSR count). The molecule has 1 amide bonds. The summed E-state index contributed by atoms with van der Waals surface area (Å²) >= 11 is 0. The minimum Gasteiger partial charge on any atom is -0.467 e. The van der Waals surface area contributed by atoms with E-state index in [0.29, 0.717) is 0 Å². The summed E-state index contributed by atoms with van der Waals surface area (Å²) in [6, 6.07) is 0. The molecule has 1 saturated carbocycles. The Labute approximate surface area is 134 Å². The third-order valence-corrected chi connectivity index (χ3v) is 4.65. The van der Waals surface area contributed by atoms with Gasteiger partial charge in [0, 0.05) is 13.0 Å². The van der Waals surface area contributed by atoms with E-state index < -0.39 is 11.5 Å². The van der Waals surface area contributed by atoms with Gasteiger partial charge in [-0.05, 0) is 38.5 Å². The maximum Gasteiger partial charge on any atom is 0.333 e. The molecule has 0 bridgehead atoms. The fourth-order valence-electron chi connectivity index (χ4n) is 3.24. The lowest BCUT2D eigenvalue weighted by atomic mass is 9.79. The number of rotatable bonds is 8. The minimum atomic E-state index is -1.11. The summed E-state index contributed by atoms with van der Waals surface area (Å²) in [5.41, 5.74) is -1.11. The minimum absolute atomic E-state index is 0.00119. The van der Waals surface area contributed by atoms with Gasteiger partial charge in [-0.1, -0.05) is 26.2 Å². The second-order valence-corrected chi connectivity index (χ2v) is 6.61. The molecule has 22 heavy (non-hydrogen) atoms. The molecule has 1 aliphatic carbocycles. The van der Waals surface area contributed by atoms with Crippen LogP contribution in [0.5, 0.6) is 0 Å². The van der Waals surface area contributed by atoms with Crippen molar-refractivity contribution < 1.29 is 19.1 Å². The van der Waals surface area contributed by atoms with E-state index in [2.05, 4.69) is 12.2 Å². The first-order valence-corrected chi connectivity index (χ1v) is 8.36. The Hall–Kier alpha value is -1.10. The van der Waals surface area contributed by atoms with Gasteiger partial charge >= 0.3 is 5.97 Å². The average Bonchev–Trinajstić information content (AvgIpc) is 2.52. The first-order valence-electron chi connectivity index (χ1n) is 8.36. The topological polar surface area (TPSA) is 64.6 Å². The first kappa shape index (κ1) is 18.9. The van der Waals surface area contributed by atoms with Crippen molar-refractivity contribution in [3.8, 4) is 0 Å². The normalized spacial score (nSPS) is 24.4. The zero-order valence-corrected chi connectivity index (χ0v) is 14.4. The van der Waals surface area contributed by atoms with Crippen LogP contribution < -0.4 is 5.32 Å². The van der Waals surface area contributed by atoms with Gasteiger partial charge in [0.2, 0.25) is 5.91 Å². The maximum absolute atomic E-state index is 12.5. The number of unbranched alkanes of at least 4 members (excludes halogenated alkanes) is 1. The lowest BCUT2D eigenvalue weighted by molar-refractivity contribution is -0.153. The quantitative estimate of drug-likeness (QED) is 0.700. The number of carbonyl (C=O) groups is 2. The van der Waals surface area contributed by atoms with Crippen LogP contribution in [0.1, 0.15) is 58.8 Å². The van der Waals surface area contributed by atoms with E-state index in [-0.39, 0.29) is 18.4 Å². The fraction of sp³-hybridized carbons (Fsp3) is 0.882. The molecule has 5 heteroatoms. The Morgan fingerprint density at radius 3 is 2.32 bits per heavy atom. The highest BCUT2D eigenvalue weighted by atomic mass is 16.5. The molecule has 0 unspecified atom stereocenters. The second-order valence-electron chi connectivity index (χ2n) is 6.61. The van der Waals surface area contributed by atoms with Crippen molar-refractivity contribution in [3.63, 3.8) is 0 Å². The summed E-state index contributed by atoms with van der Waals surface area (Å²) in [5, 5.41) is 2.83. The highest BCUT2D eigenvalue weighted by molar-refractivity contribution is 5.88. The number of hydrogen-bond donors (Lipinski definition) is 1. The molecular weight excluding hydrogens is 282 g/mol. The summed E-state index contributed by atoms with van der Waals surface area (Å²) in [7, 11) is 2.83. The van der Waals surface area contributed by atoms with E-state index in [0.717, 1.165) is 31.6 Å². The predicted molar refractivity (Wildman–Crippen MR) is 85.4 cm³/mol. The highest BCUT2D eigenvalue weighted by Crippen LogP contribution is 2.32. The number of methoxy groups -OCH3 is 2. The van der Waals surface area contributed by atoms with E-state index >= 15 is 0 Å². The van der Waals surface area contributed by atoms with Crippen LogP contribution in [-0.4, -0.2) is 38.2 Å². The molecule has 0 spiro atoms. The van der Waals surface area contributed by atoms with Crippen LogP contribution in [0, 0.1) is 11.8 Å². The van der Waals surface area contributed by atoms with Gasteiger partial charge in [-0.15, -0.1) is 0 Å². The Kier molecular flexibility index (Phi) is 7.87. The van der Waals surface area contributed by atoms with Crippen molar-refractivity contribution in [3.05, 3.63) is 0 Å². The molecule has 5 nitrogen and oxygen atoms in total. The van der Waals surface area contributed by atoms with Crippen molar-refractivity contribution in [2.45, 2.75) is 64.3 Å². The van der Waals surface area contributed by atoms with Crippen LogP contribution in [0.2, 0.25) is 0 Å². The molecule has 1 N–H and O–H groups in total. The largest absolute Gasteiger partial charge is 0.467 e. The first-order chi connectivity index (χ1) is 10.5. The highest BCUT2D eigenvalue weighted by Gasteiger charge is 2.38. The smallest absolute Gasteiger partial charge is 0.333 e. The third-order valence-electron chi connectivity index (χ3n) is 4.65. The monoisotopic (exact) mass is 313 g/mol. The maximum atomic E-state index is 12.5. The average molecular weight is 313 g/mol. The fourth-order valence-corrected chi connectivity index (χ4v) is 3.24. The van der Waals surface area contributed by atoms with E-state index in [9.17, 15) is 9.59 Å². The van der Waals surface area contributed by atoms with Gasteiger partial charge in [0.25, 0.3) is 0 Å². The molecule has 0 aromatic rings. The molecule has 0 aromatic carbocycles. The molecule has 0 heterocycles. The molecule has 1 fully saturated rings. The molecule has 0 saturated heterocycles. The van der Waals surface area contributed by atoms with E-state index in [1.165, 1.54) is 33.5 Å². The predicted octanol–water partition coefficient (Wildman–Crippen LogP) is 2.68. The van der Waals surface area contributed by atoms with Crippen LogP contribution in [0.25, 0.3) is 0 Å². The lowest BCUT2D eigenvalue weighted by Crippen LogP contribution is -2.57. The number of esters is 1. The van der Waals surface area contributed by atoms with Crippen molar-refractivity contribution in [1.29, 1.82) is 0 Å². The summed E-state index contributed by atoms with van der Waals surface area (Å²) in [6.45, 7) is 3.97. The summed E-state index contributed by atoms with van der Waals surface area (Å²) in [6.07, 6.45) is 7.81. The molecular formula is C17H31NO4. The third kappa shape index (κ3) is 5.27. The van der Waals surface area contributed by atoms with Crippen molar-refractivity contribution in [1.82, 2.24) is 5.32 Å². The van der Waals surface area contributed by atoms with Crippen molar-refractivity contribution in [2.24, 2.45) is 11.8 Å². The number of nitrogens with one attached hydrogen (secondary N) is 1. The standard InChI is InChI=1S/C17H31NO4/c1-5-6-7-13-8-10-14(11-9-13)15(19)18-17(2,12-21-3)16(20)22-4/h13-14H,5-12H2,1-4H3,(H,18,19)/t13?,14?,17-/m1/s1. The van der Waals surface area contributed by atoms with Crippen LogP contribution in [0.3, 0.4) is 0 Å². The van der Waals surface area contributed by atoms with Gasteiger partial charge in [0.05, 0.1) is 13.7 Å². The SMILES string of the molecule is CCCCC1CCC(C(=O)N[C@](C)(COC)C(=O)OC)CC1. The van der Waals surface area contributed by atoms with E-state index in [4.69, 9.17) is 9.47 Å². The van der Waals surface area contributed by atoms with Gasteiger partial charge < -0.3 is 14.8 Å². The Balaban J connectivity index is 2.52. The molecule has 0 aromatic heterocycles. The zero-order valence-electron chi connectivity index (χ0n) is 14.4. The summed E-state index contributed by atoms with van der Waals surface area (Å²) < 4.78 is 9.85. The van der Waals surface area contributed by atoms with Gasteiger partial charge in [0.15, 0.2) is 5.54 Å². The molecule has 1 atom stereocenters. The van der Waals surface area contributed by atoms with Crippen LogP contribution in [-0.2, 0) is 19.1 Å². The number of hydrogen-bond acceptors (Lipinski definition) is 4. The second kappa shape index (κ2) is 9.13. The number of amides is 1. The lowest BCUT2D eigenvalue weighted by Gasteiger charge is -2.32. The summed E-state index contributed by atoms with van der Waals surface area (Å²) in [5.74, 6) is 0.229. The van der Waals surface area contributed by atoms with Gasteiger partial charge in [-0.25, -0.2) is 4.79 Å². The Morgan fingerprint density at radius 2 is 1.82 bits per heavy atom. The number of carbonyl (C=O) groups excluding carboxylic acids is 2. The van der Waals surface area contributed by atoms with Gasteiger partial charge in [0.1, 0.15) is 0 Å². The molecule has 128 valence electrons. The Bertz CT molecular complexity index is 364. The van der Waals surface area contributed by atoms with Crippen molar-refractivity contribution >= 4 is 11.9 Å². The van der Waals surface area contributed by atoms with Crippen molar-refractivity contribution in [2.75, 3.05) is 20.8 Å². The Morgan fingerprint density at radius 1 is 1.18 bits per heavy atom. The molecule has 1 aliphatic rings. The number of ether oxygens (including phenoxy) is 2. The van der Waals surface area contributed by atoms with Crippen LogP contribution >= 0.6 is 0 Å². The van der Waals surface area contributed by atoms with Gasteiger partial charge in [-0.2, -0.15) is 0 Å². The van der Waals surface area contributed by atoms with E-state index in [1.807, 2.05) is 0 Å². The van der Waals surface area contributed by atoms with E-state index in [1.54, 1.807) is 6.92 Å². The zero-order chi connectivity index (χ0) is 16.6. The summed E-state index contributed by atoms with van der Waals surface area (Å²) in [4.78, 5) is 24.4. The van der Waals surface area contributed by atoms with Gasteiger partial charge in [-0.3, -0.25) is 4.79 Å². The van der Waals surface area contributed by atoms with Crippen LogP contribution in [0.4, 0.5) is 0 Å². The molecule has 0 radical (unpaired) electrons. The van der Waals surface area contributed by atoms with Crippen LogP contribution in [0.15, 0.2) is 0 Å². The molecule has 0 aliphatic heterocycles.